The Morgan fingerprint density at radius 2 is 2.11 bits per heavy atom. The molecule has 6 nitrogen and oxygen atoms in total. The van der Waals surface area contributed by atoms with Crippen LogP contribution < -0.4 is 4.74 Å². The van der Waals surface area contributed by atoms with Gasteiger partial charge in [0.2, 0.25) is 0 Å². The van der Waals surface area contributed by atoms with Crippen molar-refractivity contribution in [3.63, 3.8) is 0 Å². The van der Waals surface area contributed by atoms with E-state index in [1.54, 1.807) is 18.4 Å². The summed E-state index contributed by atoms with van der Waals surface area (Å²) in [5, 5.41) is 14.9. The van der Waals surface area contributed by atoms with Crippen LogP contribution in [0.3, 0.4) is 0 Å². The zero-order chi connectivity index (χ0) is 18.6. The van der Waals surface area contributed by atoms with Gasteiger partial charge < -0.3 is 4.74 Å². The van der Waals surface area contributed by atoms with E-state index in [1.165, 1.54) is 17.7 Å². The number of methoxy groups -OCH3 is 1. The number of likely N-dealkylation sites (tertiary alicyclic amines) is 1. The van der Waals surface area contributed by atoms with Gasteiger partial charge in [0.25, 0.3) is 0 Å². The summed E-state index contributed by atoms with van der Waals surface area (Å²) in [5.41, 5.74) is 1.15. The van der Waals surface area contributed by atoms with Crippen molar-refractivity contribution in [2.75, 3.05) is 20.2 Å². The van der Waals surface area contributed by atoms with Crippen LogP contribution in [0.15, 0.2) is 41.8 Å². The van der Waals surface area contributed by atoms with Crippen molar-refractivity contribution in [2.45, 2.75) is 32.4 Å². The standard InChI is InChI=1S/C20H25N5OS/c1-15-5-3-11-24(13-15)19(18-6-4-12-27-18)20-21-22-23-25(20)14-16-7-9-17(26-2)10-8-16/h4,6-10,12,15,19H,3,5,11,13-14H2,1-2H3. The Morgan fingerprint density at radius 1 is 1.26 bits per heavy atom. The zero-order valence-electron chi connectivity index (χ0n) is 15.8. The van der Waals surface area contributed by atoms with Gasteiger partial charge in [-0.1, -0.05) is 25.1 Å². The van der Waals surface area contributed by atoms with Crippen LogP contribution in [0.4, 0.5) is 0 Å². The summed E-state index contributed by atoms with van der Waals surface area (Å²) in [6.07, 6.45) is 2.52. The number of benzene rings is 1. The molecule has 0 saturated carbocycles. The number of tetrazole rings is 1. The molecule has 7 heteroatoms. The fraction of sp³-hybridized carbons (Fsp3) is 0.450. The highest BCUT2D eigenvalue weighted by Gasteiger charge is 2.31. The molecule has 1 saturated heterocycles. The molecule has 0 radical (unpaired) electrons. The van der Waals surface area contributed by atoms with Crippen molar-refractivity contribution >= 4 is 11.3 Å². The first-order valence-corrected chi connectivity index (χ1v) is 10.3. The van der Waals surface area contributed by atoms with Crippen LogP contribution >= 0.6 is 11.3 Å². The van der Waals surface area contributed by atoms with Crippen LogP contribution in [0.2, 0.25) is 0 Å². The normalized spacial score (nSPS) is 19.1. The van der Waals surface area contributed by atoms with Gasteiger partial charge in [-0.15, -0.1) is 16.4 Å². The molecule has 0 aliphatic carbocycles. The van der Waals surface area contributed by atoms with E-state index in [4.69, 9.17) is 4.74 Å². The lowest BCUT2D eigenvalue weighted by Gasteiger charge is -2.36. The predicted octanol–water partition coefficient (Wildman–Crippen LogP) is 3.61. The minimum Gasteiger partial charge on any atom is -0.497 e. The van der Waals surface area contributed by atoms with Crippen molar-refractivity contribution in [1.29, 1.82) is 0 Å². The lowest BCUT2D eigenvalue weighted by atomic mass is 9.98. The molecule has 0 N–H and O–H groups in total. The van der Waals surface area contributed by atoms with Gasteiger partial charge >= 0.3 is 0 Å². The van der Waals surface area contributed by atoms with Crippen LogP contribution in [0.5, 0.6) is 5.75 Å². The van der Waals surface area contributed by atoms with Gasteiger partial charge in [-0.3, -0.25) is 4.90 Å². The van der Waals surface area contributed by atoms with E-state index in [2.05, 4.69) is 57.0 Å². The number of thiophene rings is 1. The maximum absolute atomic E-state index is 5.25. The SMILES string of the molecule is COc1ccc(Cn2nnnc2C(c2cccs2)N2CCCC(C)C2)cc1. The number of ether oxygens (including phenoxy) is 1. The van der Waals surface area contributed by atoms with Gasteiger partial charge in [-0.05, 0) is 64.9 Å². The molecule has 4 rings (SSSR count). The number of nitrogens with zero attached hydrogens (tertiary/aromatic N) is 5. The first kappa shape index (κ1) is 18.1. The quantitative estimate of drug-likeness (QED) is 0.651. The summed E-state index contributed by atoms with van der Waals surface area (Å²) < 4.78 is 7.19. The fourth-order valence-corrected chi connectivity index (χ4v) is 4.66. The highest BCUT2D eigenvalue weighted by Crippen LogP contribution is 2.33. The minimum absolute atomic E-state index is 0.112. The summed E-state index contributed by atoms with van der Waals surface area (Å²) in [5.74, 6) is 2.48. The Morgan fingerprint density at radius 3 is 2.81 bits per heavy atom. The van der Waals surface area contributed by atoms with Gasteiger partial charge in [0, 0.05) is 11.4 Å². The second kappa shape index (κ2) is 8.19. The molecule has 2 aromatic heterocycles. The van der Waals surface area contributed by atoms with E-state index >= 15 is 0 Å². The molecule has 0 spiro atoms. The van der Waals surface area contributed by atoms with E-state index in [-0.39, 0.29) is 6.04 Å². The third-order valence-electron chi connectivity index (χ3n) is 5.16. The van der Waals surface area contributed by atoms with E-state index in [0.717, 1.165) is 30.2 Å². The fourth-order valence-electron chi connectivity index (χ4n) is 3.80. The molecular formula is C20H25N5OS. The number of hydrogen-bond acceptors (Lipinski definition) is 6. The lowest BCUT2D eigenvalue weighted by Crippen LogP contribution is -2.38. The van der Waals surface area contributed by atoms with Crippen LogP contribution in [-0.4, -0.2) is 45.3 Å². The third-order valence-corrected chi connectivity index (χ3v) is 6.09. The topological polar surface area (TPSA) is 56.1 Å². The molecule has 0 amide bonds. The summed E-state index contributed by atoms with van der Waals surface area (Å²) in [6.45, 7) is 5.15. The minimum atomic E-state index is 0.112. The number of aromatic nitrogens is 4. The summed E-state index contributed by atoms with van der Waals surface area (Å²) >= 11 is 1.78. The highest BCUT2D eigenvalue weighted by molar-refractivity contribution is 7.10. The van der Waals surface area contributed by atoms with Gasteiger partial charge in [0.05, 0.1) is 13.7 Å². The van der Waals surface area contributed by atoms with Crippen LogP contribution in [0, 0.1) is 5.92 Å². The average Bonchev–Trinajstić information content (AvgIpc) is 3.36. The Hall–Kier alpha value is -2.25. The second-order valence-corrected chi connectivity index (χ2v) is 8.18. The van der Waals surface area contributed by atoms with E-state index in [0.29, 0.717) is 12.5 Å². The first-order valence-electron chi connectivity index (χ1n) is 9.41. The smallest absolute Gasteiger partial charge is 0.174 e. The molecule has 1 fully saturated rings. The Kier molecular flexibility index (Phi) is 5.50. The van der Waals surface area contributed by atoms with Crippen molar-refractivity contribution in [3.8, 4) is 5.75 Å². The molecule has 0 bridgehead atoms. The molecule has 2 unspecified atom stereocenters. The predicted molar refractivity (Wildman–Crippen MR) is 106 cm³/mol. The first-order chi connectivity index (χ1) is 13.2. The molecule has 2 atom stereocenters. The molecule has 27 heavy (non-hydrogen) atoms. The largest absolute Gasteiger partial charge is 0.497 e. The van der Waals surface area contributed by atoms with Gasteiger partial charge in [-0.25, -0.2) is 4.68 Å². The number of piperidine rings is 1. The van der Waals surface area contributed by atoms with E-state index < -0.39 is 0 Å². The highest BCUT2D eigenvalue weighted by atomic mass is 32.1. The molecule has 3 heterocycles. The van der Waals surface area contributed by atoms with Crippen LogP contribution in [0.25, 0.3) is 0 Å². The maximum atomic E-state index is 5.25. The molecule has 1 aromatic carbocycles. The summed E-state index contributed by atoms with van der Waals surface area (Å²) in [6, 6.07) is 12.5. The Balaban J connectivity index is 1.64. The Bertz CT molecular complexity index is 846. The molecular weight excluding hydrogens is 358 g/mol. The van der Waals surface area contributed by atoms with Crippen molar-refractivity contribution in [1.82, 2.24) is 25.1 Å². The third kappa shape index (κ3) is 4.04. The molecule has 1 aliphatic rings. The van der Waals surface area contributed by atoms with E-state index in [9.17, 15) is 0 Å². The van der Waals surface area contributed by atoms with Crippen LogP contribution in [-0.2, 0) is 6.54 Å². The van der Waals surface area contributed by atoms with Gasteiger partial charge in [0.15, 0.2) is 5.82 Å². The van der Waals surface area contributed by atoms with Crippen molar-refractivity contribution < 1.29 is 4.74 Å². The summed E-state index contributed by atoms with van der Waals surface area (Å²) in [7, 11) is 1.68. The monoisotopic (exact) mass is 383 g/mol. The molecule has 3 aromatic rings. The molecule has 1 aliphatic heterocycles. The van der Waals surface area contributed by atoms with E-state index in [1.807, 2.05) is 16.8 Å². The van der Waals surface area contributed by atoms with Gasteiger partial charge in [-0.2, -0.15) is 0 Å². The second-order valence-electron chi connectivity index (χ2n) is 7.20. The van der Waals surface area contributed by atoms with Crippen LogP contribution in [0.1, 0.15) is 42.1 Å². The van der Waals surface area contributed by atoms with Crippen molar-refractivity contribution in [3.05, 3.63) is 58.0 Å². The summed E-state index contributed by atoms with van der Waals surface area (Å²) in [4.78, 5) is 3.84. The average molecular weight is 384 g/mol. The number of rotatable bonds is 6. The Labute approximate surface area is 163 Å². The van der Waals surface area contributed by atoms with Gasteiger partial charge in [0.1, 0.15) is 11.8 Å². The number of hydrogen-bond donors (Lipinski definition) is 0. The van der Waals surface area contributed by atoms with Crippen molar-refractivity contribution in [2.24, 2.45) is 5.92 Å². The lowest BCUT2D eigenvalue weighted by molar-refractivity contribution is 0.144. The maximum Gasteiger partial charge on any atom is 0.174 e. The zero-order valence-corrected chi connectivity index (χ0v) is 16.6. The molecule has 142 valence electrons.